The SMILES string of the molecule is CC(CCc1cc(F)ccc1Br)CNC(C)(C)C. The summed E-state index contributed by atoms with van der Waals surface area (Å²) >= 11 is 3.47. The van der Waals surface area contributed by atoms with Crippen molar-refractivity contribution in [1.29, 1.82) is 0 Å². The van der Waals surface area contributed by atoms with Gasteiger partial charge in [0.1, 0.15) is 5.82 Å². The second-order valence-electron chi connectivity index (χ2n) is 6.01. The van der Waals surface area contributed by atoms with E-state index in [0.717, 1.165) is 29.4 Å². The van der Waals surface area contributed by atoms with Gasteiger partial charge in [-0.25, -0.2) is 4.39 Å². The van der Waals surface area contributed by atoms with Gasteiger partial charge in [-0.05, 0) is 69.8 Å². The highest BCUT2D eigenvalue weighted by atomic mass is 79.9. The molecule has 1 atom stereocenters. The van der Waals surface area contributed by atoms with E-state index in [0.29, 0.717) is 5.92 Å². The van der Waals surface area contributed by atoms with Crippen molar-refractivity contribution < 1.29 is 4.39 Å². The van der Waals surface area contributed by atoms with Gasteiger partial charge in [-0.15, -0.1) is 0 Å². The average Bonchev–Trinajstić information content (AvgIpc) is 2.26. The molecule has 1 rings (SSSR count). The molecule has 1 nitrogen and oxygen atoms in total. The second-order valence-corrected chi connectivity index (χ2v) is 6.86. The van der Waals surface area contributed by atoms with Gasteiger partial charge >= 0.3 is 0 Å². The molecule has 0 aromatic heterocycles. The molecule has 0 aliphatic rings. The van der Waals surface area contributed by atoms with E-state index in [4.69, 9.17) is 0 Å². The monoisotopic (exact) mass is 315 g/mol. The molecule has 0 amide bonds. The molecule has 0 radical (unpaired) electrons. The van der Waals surface area contributed by atoms with Crippen LogP contribution in [0.2, 0.25) is 0 Å². The first-order valence-electron chi connectivity index (χ1n) is 6.47. The summed E-state index contributed by atoms with van der Waals surface area (Å²) < 4.78 is 14.1. The summed E-state index contributed by atoms with van der Waals surface area (Å²) in [5, 5.41) is 3.50. The van der Waals surface area contributed by atoms with Crippen LogP contribution in [0.5, 0.6) is 0 Å². The zero-order chi connectivity index (χ0) is 13.8. The highest BCUT2D eigenvalue weighted by Gasteiger charge is 2.11. The van der Waals surface area contributed by atoms with Crippen molar-refractivity contribution in [2.24, 2.45) is 5.92 Å². The van der Waals surface area contributed by atoms with Crippen molar-refractivity contribution in [2.45, 2.75) is 46.1 Å². The topological polar surface area (TPSA) is 12.0 Å². The fourth-order valence-electron chi connectivity index (χ4n) is 1.72. The van der Waals surface area contributed by atoms with E-state index in [2.05, 4.69) is 48.9 Å². The molecule has 0 fully saturated rings. The van der Waals surface area contributed by atoms with Gasteiger partial charge in [0.2, 0.25) is 0 Å². The van der Waals surface area contributed by atoms with Crippen molar-refractivity contribution in [3.05, 3.63) is 34.1 Å². The Bertz CT molecular complexity index is 385. The van der Waals surface area contributed by atoms with Crippen LogP contribution in [0.4, 0.5) is 4.39 Å². The molecule has 0 heterocycles. The van der Waals surface area contributed by atoms with Crippen LogP contribution in [0.15, 0.2) is 22.7 Å². The first kappa shape index (κ1) is 15.6. The molecule has 1 N–H and O–H groups in total. The van der Waals surface area contributed by atoms with E-state index in [1.165, 1.54) is 6.07 Å². The average molecular weight is 316 g/mol. The number of halogens is 2. The summed E-state index contributed by atoms with van der Waals surface area (Å²) in [6.07, 6.45) is 1.97. The number of hydrogen-bond donors (Lipinski definition) is 1. The molecular weight excluding hydrogens is 293 g/mol. The molecule has 0 saturated carbocycles. The lowest BCUT2D eigenvalue weighted by Gasteiger charge is -2.23. The maximum atomic E-state index is 13.1. The lowest BCUT2D eigenvalue weighted by atomic mass is 9.99. The van der Waals surface area contributed by atoms with Crippen molar-refractivity contribution in [2.75, 3.05) is 6.54 Å². The van der Waals surface area contributed by atoms with Crippen LogP contribution in [0.1, 0.15) is 39.7 Å². The van der Waals surface area contributed by atoms with Crippen LogP contribution in [-0.2, 0) is 6.42 Å². The molecule has 0 aliphatic carbocycles. The van der Waals surface area contributed by atoms with E-state index in [-0.39, 0.29) is 11.4 Å². The molecule has 1 aromatic carbocycles. The van der Waals surface area contributed by atoms with Crippen molar-refractivity contribution in [1.82, 2.24) is 5.32 Å². The smallest absolute Gasteiger partial charge is 0.123 e. The normalized spacial score (nSPS) is 13.7. The number of benzene rings is 1. The second kappa shape index (κ2) is 6.67. The van der Waals surface area contributed by atoms with Gasteiger partial charge in [0.05, 0.1) is 0 Å². The minimum absolute atomic E-state index is 0.159. The van der Waals surface area contributed by atoms with Crippen LogP contribution in [-0.4, -0.2) is 12.1 Å². The minimum Gasteiger partial charge on any atom is -0.312 e. The van der Waals surface area contributed by atoms with Gasteiger partial charge in [-0.1, -0.05) is 22.9 Å². The van der Waals surface area contributed by atoms with Gasteiger partial charge < -0.3 is 5.32 Å². The third kappa shape index (κ3) is 5.96. The summed E-state index contributed by atoms with van der Waals surface area (Å²) in [5.41, 5.74) is 1.21. The Balaban J connectivity index is 2.42. The lowest BCUT2D eigenvalue weighted by molar-refractivity contribution is 0.372. The number of hydrogen-bond acceptors (Lipinski definition) is 1. The quantitative estimate of drug-likeness (QED) is 0.840. The highest BCUT2D eigenvalue weighted by Crippen LogP contribution is 2.20. The number of nitrogens with one attached hydrogen (secondary N) is 1. The Morgan fingerprint density at radius 2 is 2.00 bits per heavy atom. The Hall–Kier alpha value is -0.410. The maximum Gasteiger partial charge on any atom is 0.123 e. The summed E-state index contributed by atoms with van der Waals surface area (Å²) in [4.78, 5) is 0. The molecule has 3 heteroatoms. The molecule has 18 heavy (non-hydrogen) atoms. The molecule has 0 aliphatic heterocycles. The Kier molecular flexibility index (Phi) is 5.80. The lowest BCUT2D eigenvalue weighted by Crippen LogP contribution is -2.38. The molecule has 1 unspecified atom stereocenters. The summed E-state index contributed by atoms with van der Waals surface area (Å²) in [5.74, 6) is 0.424. The van der Waals surface area contributed by atoms with Gasteiger partial charge in [0, 0.05) is 10.0 Å². The van der Waals surface area contributed by atoms with E-state index < -0.39 is 0 Å². The third-order valence-electron chi connectivity index (χ3n) is 2.90. The first-order chi connectivity index (χ1) is 8.28. The van der Waals surface area contributed by atoms with Crippen molar-refractivity contribution in [3.63, 3.8) is 0 Å². The molecule has 0 bridgehead atoms. The van der Waals surface area contributed by atoms with Gasteiger partial charge in [0.15, 0.2) is 0 Å². The van der Waals surface area contributed by atoms with Gasteiger partial charge in [-0.3, -0.25) is 0 Å². The largest absolute Gasteiger partial charge is 0.312 e. The molecule has 1 aromatic rings. The van der Waals surface area contributed by atoms with Crippen molar-refractivity contribution in [3.8, 4) is 0 Å². The van der Waals surface area contributed by atoms with E-state index in [1.807, 2.05) is 0 Å². The highest BCUT2D eigenvalue weighted by molar-refractivity contribution is 9.10. The Morgan fingerprint density at radius 3 is 2.61 bits per heavy atom. The predicted octanol–water partition coefficient (Wildman–Crippen LogP) is 4.55. The summed E-state index contributed by atoms with van der Waals surface area (Å²) in [6.45, 7) is 9.73. The minimum atomic E-state index is -0.159. The van der Waals surface area contributed by atoms with Crippen LogP contribution < -0.4 is 5.32 Å². The summed E-state index contributed by atoms with van der Waals surface area (Å²) in [7, 11) is 0. The van der Waals surface area contributed by atoms with Crippen LogP contribution in [0.3, 0.4) is 0 Å². The fourth-order valence-corrected chi connectivity index (χ4v) is 2.16. The molecular formula is C15H23BrFN. The zero-order valence-corrected chi connectivity index (χ0v) is 13.3. The van der Waals surface area contributed by atoms with Crippen LogP contribution in [0, 0.1) is 11.7 Å². The third-order valence-corrected chi connectivity index (χ3v) is 3.67. The Morgan fingerprint density at radius 1 is 1.33 bits per heavy atom. The summed E-state index contributed by atoms with van der Waals surface area (Å²) in [6, 6.07) is 4.88. The molecule has 0 spiro atoms. The van der Waals surface area contributed by atoms with Gasteiger partial charge in [-0.2, -0.15) is 0 Å². The maximum absolute atomic E-state index is 13.1. The van der Waals surface area contributed by atoms with Crippen LogP contribution in [0.25, 0.3) is 0 Å². The fraction of sp³-hybridized carbons (Fsp3) is 0.600. The predicted molar refractivity (Wildman–Crippen MR) is 79.3 cm³/mol. The van der Waals surface area contributed by atoms with E-state index in [9.17, 15) is 4.39 Å². The van der Waals surface area contributed by atoms with Crippen molar-refractivity contribution >= 4 is 15.9 Å². The van der Waals surface area contributed by atoms with E-state index >= 15 is 0 Å². The molecule has 0 saturated heterocycles. The number of rotatable bonds is 5. The molecule has 102 valence electrons. The zero-order valence-electron chi connectivity index (χ0n) is 11.7. The standard InChI is InChI=1S/C15H23BrFN/c1-11(10-18-15(2,3)4)5-6-12-9-13(17)7-8-14(12)16/h7-9,11,18H,5-6,10H2,1-4H3. The van der Waals surface area contributed by atoms with Crippen LogP contribution >= 0.6 is 15.9 Å². The van der Waals surface area contributed by atoms with Gasteiger partial charge in [0.25, 0.3) is 0 Å². The van der Waals surface area contributed by atoms with E-state index in [1.54, 1.807) is 12.1 Å². The number of aryl methyl sites for hydroxylation is 1. The Labute approximate surface area is 118 Å². The first-order valence-corrected chi connectivity index (χ1v) is 7.26.